The first-order valence-corrected chi connectivity index (χ1v) is 8.33. The van der Waals surface area contributed by atoms with Crippen LogP contribution in [0.2, 0.25) is 0 Å². The Kier molecular flexibility index (Phi) is 5.66. The number of carbonyl (C=O) groups excluding carboxylic acids is 1. The highest BCUT2D eigenvalue weighted by Gasteiger charge is 2.30. The van der Waals surface area contributed by atoms with Crippen LogP contribution in [0.3, 0.4) is 0 Å². The standard InChI is InChI=1S/C16H20N2O2S/c1-20-16(19)15(12-5-3-4-11(8-12)10-17)18-13-6-7-14(9-13)21-2/h3-5,8,13-15,18H,6-7,9H2,1-2H3/t13-,14+,15-/m1/s1. The normalized spacial score (nSPS) is 22.5. The number of carbonyl (C=O) groups is 1. The maximum Gasteiger partial charge on any atom is 0.327 e. The molecule has 5 heteroatoms. The van der Waals surface area contributed by atoms with Gasteiger partial charge in [0.1, 0.15) is 6.04 Å². The van der Waals surface area contributed by atoms with Gasteiger partial charge in [-0.3, -0.25) is 5.32 Å². The Labute approximate surface area is 129 Å². The molecule has 0 spiro atoms. The minimum absolute atomic E-state index is 0.308. The maximum atomic E-state index is 12.1. The average molecular weight is 304 g/mol. The molecule has 0 aliphatic heterocycles. The first kappa shape index (κ1) is 15.9. The van der Waals surface area contributed by atoms with Crippen molar-refractivity contribution in [2.45, 2.75) is 36.6 Å². The molecule has 0 saturated heterocycles. The largest absolute Gasteiger partial charge is 0.468 e. The summed E-state index contributed by atoms with van der Waals surface area (Å²) in [4.78, 5) is 12.1. The van der Waals surface area contributed by atoms with Crippen LogP contribution in [0.1, 0.15) is 36.4 Å². The van der Waals surface area contributed by atoms with Gasteiger partial charge in [0.25, 0.3) is 0 Å². The van der Waals surface area contributed by atoms with E-state index in [-0.39, 0.29) is 5.97 Å². The summed E-state index contributed by atoms with van der Waals surface area (Å²) in [7, 11) is 1.39. The van der Waals surface area contributed by atoms with Crippen LogP contribution in [0.4, 0.5) is 0 Å². The highest BCUT2D eigenvalue weighted by molar-refractivity contribution is 7.99. The van der Waals surface area contributed by atoms with Crippen molar-refractivity contribution in [1.29, 1.82) is 5.26 Å². The number of hydrogen-bond acceptors (Lipinski definition) is 5. The van der Waals surface area contributed by atoms with E-state index in [9.17, 15) is 4.79 Å². The fourth-order valence-electron chi connectivity index (χ4n) is 2.75. The minimum atomic E-state index is -0.506. The molecule has 0 amide bonds. The van der Waals surface area contributed by atoms with Gasteiger partial charge in [0.05, 0.1) is 18.7 Å². The van der Waals surface area contributed by atoms with Gasteiger partial charge in [-0.2, -0.15) is 17.0 Å². The number of methoxy groups -OCH3 is 1. The van der Waals surface area contributed by atoms with Crippen molar-refractivity contribution in [3.8, 4) is 6.07 Å². The molecule has 1 aliphatic carbocycles. The van der Waals surface area contributed by atoms with Crippen LogP contribution in [0.15, 0.2) is 24.3 Å². The van der Waals surface area contributed by atoms with Gasteiger partial charge in [0.15, 0.2) is 0 Å². The molecule has 4 nitrogen and oxygen atoms in total. The lowest BCUT2D eigenvalue weighted by Crippen LogP contribution is -2.36. The van der Waals surface area contributed by atoms with Gasteiger partial charge in [-0.1, -0.05) is 12.1 Å². The number of nitrogens with zero attached hydrogens (tertiary/aromatic N) is 1. The van der Waals surface area contributed by atoms with E-state index in [1.807, 2.05) is 17.8 Å². The number of nitrogens with one attached hydrogen (secondary N) is 1. The summed E-state index contributed by atoms with van der Waals surface area (Å²) in [6, 6.07) is 9.05. The molecule has 112 valence electrons. The molecule has 1 saturated carbocycles. The minimum Gasteiger partial charge on any atom is -0.468 e. The van der Waals surface area contributed by atoms with Crippen LogP contribution in [0.25, 0.3) is 0 Å². The van der Waals surface area contributed by atoms with Gasteiger partial charge in [-0.25, -0.2) is 4.79 Å². The Balaban J connectivity index is 2.15. The second-order valence-corrected chi connectivity index (χ2v) is 6.37. The van der Waals surface area contributed by atoms with Crippen molar-refractivity contribution in [1.82, 2.24) is 5.32 Å². The molecule has 0 heterocycles. The molecular formula is C16H20N2O2S. The van der Waals surface area contributed by atoms with Crippen molar-refractivity contribution in [3.05, 3.63) is 35.4 Å². The highest BCUT2D eigenvalue weighted by Crippen LogP contribution is 2.30. The lowest BCUT2D eigenvalue weighted by atomic mass is 10.0. The van der Waals surface area contributed by atoms with E-state index >= 15 is 0 Å². The number of benzene rings is 1. The molecule has 1 aromatic carbocycles. The van der Waals surface area contributed by atoms with Gasteiger partial charge < -0.3 is 4.74 Å². The molecule has 3 atom stereocenters. The van der Waals surface area contributed by atoms with Gasteiger partial charge >= 0.3 is 5.97 Å². The second kappa shape index (κ2) is 7.48. The van der Waals surface area contributed by atoms with Crippen molar-refractivity contribution >= 4 is 17.7 Å². The first-order chi connectivity index (χ1) is 10.2. The van der Waals surface area contributed by atoms with Crippen LogP contribution in [-0.2, 0) is 9.53 Å². The number of nitriles is 1. The third-order valence-electron chi connectivity index (χ3n) is 3.91. The Hall–Kier alpha value is -1.51. The Morgan fingerprint density at radius 1 is 1.52 bits per heavy atom. The molecule has 0 bridgehead atoms. The van der Waals surface area contributed by atoms with Crippen molar-refractivity contribution in [2.24, 2.45) is 0 Å². The van der Waals surface area contributed by atoms with E-state index in [1.54, 1.807) is 18.2 Å². The third kappa shape index (κ3) is 3.99. The Morgan fingerprint density at radius 2 is 2.33 bits per heavy atom. The number of thioether (sulfide) groups is 1. The zero-order valence-electron chi connectivity index (χ0n) is 12.3. The van der Waals surface area contributed by atoms with Gasteiger partial charge in [-0.05, 0) is 43.2 Å². The van der Waals surface area contributed by atoms with Crippen LogP contribution in [0.5, 0.6) is 0 Å². The number of esters is 1. The average Bonchev–Trinajstić information content (AvgIpc) is 2.99. The first-order valence-electron chi connectivity index (χ1n) is 7.04. The van der Waals surface area contributed by atoms with Crippen LogP contribution in [-0.4, -0.2) is 30.6 Å². The second-order valence-electron chi connectivity index (χ2n) is 5.23. The monoisotopic (exact) mass is 304 g/mol. The zero-order valence-corrected chi connectivity index (χ0v) is 13.2. The lowest BCUT2D eigenvalue weighted by Gasteiger charge is -2.21. The molecule has 1 aromatic rings. The summed E-state index contributed by atoms with van der Waals surface area (Å²) in [5.41, 5.74) is 1.34. The lowest BCUT2D eigenvalue weighted by molar-refractivity contribution is -0.143. The quantitative estimate of drug-likeness (QED) is 0.847. The number of ether oxygens (including phenoxy) is 1. The van der Waals surface area contributed by atoms with Crippen LogP contribution in [0, 0.1) is 11.3 Å². The summed E-state index contributed by atoms with van der Waals surface area (Å²) in [5.74, 6) is -0.308. The van der Waals surface area contributed by atoms with E-state index in [2.05, 4.69) is 17.6 Å². The van der Waals surface area contributed by atoms with E-state index in [0.717, 1.165) is 18.4 Å². The fourth-order valence-corrected chi connectivity index (χ4v) is 3.54. The van der Waals surface area contributed by atoms with Crippen molar-refractivity contribution in [2.75, 3.05) is 13.4 Å². The Bertz CT molecular complexity index is 541. The maximum absolute atomic E-state index is 12.1. The topological polar surface area (TPSA) is 62.1 Å². The zero-order chi connectivity index (χ0) is 15.2. The molecule has 0 radical (unpaired) electrons. The summed E-state index contributed by atoms with van der Waals surface area (Å²) in [6.07, 6.45) is 5.43. The summed E-state index contributed by atoms with van der Waals surface area (Å²) in [6.45, 7) is 0. The van der Waals surface area contributed by atoms with Crippen LogP contribution >= 0.6 is 11.8 Å². The molecule has 1 fully saturated rings. The Morgan fingerprint density at radius 3 is 2.95 bits per heavy atom. The highest BCUT2D eigenvalue weighted by atomic mass is 32.2. The molecule has 0 unspecified atom stereocenters. The van der Waals surface area contributed by atoms with E-state index < -0.39 is 6.04 Å². The van der Waals surface area contributed by atoms with E-state index in [4.69, 9.17) is 10.00 Å². The van der Waals surface area contributed by atoms with Crippen molar-refractivity contribution in [3.63, 3.8) is 0 Å². The van der Waals surface area contributed by atoms with E-state index in [1.165, 1.54) is 13.5 Å². The van der Waals surface area contributed by atoms with Crippen molar-refractivity contribution < 1.29 is 9.53 Å². The number of hydrogen-bond donors (Lipinski definition) is 1. The van der Waals surface area contributed by atoms with Gasteiger partial charge in [-0.15, -0.1) is 0 Å². The third-order valence-corrected chi connectivity index (χ3v) is 5.00. The smallest absolute Gasteiger partial charge is 0.327 e. The van der Waals surface area contributed by atoms with Crippen LogP contribution < -0.4 is 5.32 Å². The molecule has 1 aliphatic rings. The SMILES string of the molecule is COC(=O)[C@H](N[C@@H]1CC[C@H](SC)C1)c1cccc(C#N)c1. The summed E-state index contributed by atoms with van der Waals surface area (Å²) < 4.78 is 4.91. The predicted octanol–water partition coefficient (Wildman–Crippen LogP) is 2.65. The molecule has 21 heavy (non-hydrogen) atoms. The molecule has 1 N–H and O–H groups in total. The summed E-state index contributed by atoms with van der Waals surface area (Å²) in [5, 5.41) is 13.1. The molecule has 0 aromatic heterocycles. The molecule has 2 rings (SSSR count). The summed E-state index contributed by atoms with van der Waals surface area (Å²) >= 11 is 1.88. The van der Waals surface area contributed by atoms with E-state index in [0.29, 0.717) is 16.9 Å². The fraction of sp³-hybridized carbons (Fsp3) is 0.500. The van der Waals surface area contributed by atoms with Gasteiger partial charge in [0.2, 0.25) is 0 Å². The predicted molar refractivity (Wildman–Crippen MR) is 84.0 cm³/mol. The number of rotatable bonds is 5. The molecular weight excluding hydrogens is 284 g/mol. The van der Waals surface area contributed by atoms with Gasteiger partial charge in [0, 0.05) is 11.3 Å².